The van der Waals surface area contributed by atoms with Gasteiger partial charge in [-0.3, -0.25) is 11.3 Å². The van der Waals surface area contributed by atoms with Gasteiger partial charge < -0.3 is 4.74 Å². The van der Waals surface area contributed by atoms with Gasteiger partial charge >= 0.3 is 0 Å². The molecule has 106 valence electrons. The fraction of sp³-hybridized carbons (Fsp3) is 0.200. The van der Waals surface area contributed by atoms with Crippen molar-refractivity contribution in [1.82, 2.24) is 5.43 Å². The molecule has 0 spiro atoms. The molecule has 0 bridgehead atoms. The van der Waals surface area contributed by atoms with Crippen molar-refractivity contribution >= 4 is 27.5 Å². The normalized spacial score (nSPS) is 12.2. The predicted molar refractivity (Wildman–Crippen MR) is 85.9 cm³/mol. The Morgan fingerprint density at radius 1 is 1.30 bits per heavy atom. The van der Waals surface area contributed by atoms with E-state index in [1.807, 2.05) is 24.3 Å². The van der Waals surface area contributed by atoms with Gasteiger partial charge in [-0.15, -0.1) is 0 Å². The van der Waals surface area contributed by atoms with Crippen molar-refractivity contribution in [2.75, 3.05) is 7.11 Å². The highest BCUT2D eigenvalue weighted by Crippen LogP contribution is 2.30. The average Bonchev–Trinajstić information content (AvgIpc) is 2.45. The van der Waals surface area contributed by atoms with Gasteiger partial charge in [-0.25, -0.2) is 0 Å². The maximum atomic E-state index is 5.99. The number of halogens is 2. The number of hydrogen-bond acceptors (Lipinski definition) is 3. The molecule has 0 aliphatic heterocycles. The summed E-state index contributed by atoms with van der Waals surface area (Å²) in [4.78, 5) is 0. The molecule has 1 atom stereocenters. The van der Waals surface area contributed by atoms with Crippen molar-refractivity contribution < 1.29 is 4.74 Å². The van der Waals surface area contributed by atoms with Gasteiger partial charge in [0.05, 0.1) is 13.2 Å². The molecule has 0 fully saturated rings. The molecule has 2 aromatic carbocycles. The van der Waals surface area contributed by atoms with Gasteiger partial charge in [-0.2, -0.15) is 0 Å². The van der Waals surface area contributed by atoms with Gasteiger partial charge in [0.1, 0.15) is 5.75 Å². The first-order chi connectivity index (χ1) is 9.63. The lowest BCUT2D eigenvalue weighted by Crippen LogP contribution is -2.29. The number of rotatable bonds is 5. The number of hydrazine groups is 1. The number of nitrogens with two attached hydrogens (primary N) is 1. The van der Waals surface area contributed by atoms with E-state index in [2.05, 4.69) is 33.5 Å². The molecule has 2 aromatic rings. The molecule has 0 aromatic heterocycles. The van der Waals surface area contributed by atoms with Gasteiger partial charge in [-0.05, 0) is 36.2 Å². The van der Waals surface area contributed by atoms with Crippen LogP contribution in [-0.2, 0) is 6.42 Å². The zero-order valence-electron chi connectivity index (χ0n) is 11.1. The summed E-state index contributed by atoms with van der Waals surface area (Å²) in [5.41, 5.74) is 5.01. The molecule has 0 heterocycles. The number of hydrogen-bond donors (Lipinski definition) is 2. The maximum absolute atomic E-state index is 5.99. The second-order valence-electron chi connectivity index (χ2n) is 4.44. The molecule has 0 saturated heterocycles. The molecule has 0 amide bonds. The van der Waals surface area contributed by atoms with Crippen LogP contribution >= 0.6 is 27.5 Å². The smallest absolute Gasteiger partial charge is 0.125 e. The fourth-order valence-corrected chi connectivity index (χ4v) is 2.74. The third-order valence-electron chi connectivity index (χ3n) is 3.10. The SMILES string of the molecule is COc1cc(Cl)ccc1C(Cc1cccc(Br)c1)NN. The van der Waals surface area contributed by atoms with E-state index in [9.17, 15) is 0 Å². The van der Waals surface area contributed by atoms with E-state index in [-0.39, 0.29) is 6.04 Å². The van der Waals surface area contributed by atoms with E-state index in [0.717, 1.165) is 22.2 Å². The summed E-state index contributed by atoms with van der Waals surface area (Å²) in [7, 11) is 1.63. The standard InChI is InChI=1S/C15H16BrClN2O/c1-20-15-9-12(17)5-6-13(15)14(19-18)8-10-3-2-4-11(16)7-10/h2-7,9,14,19H,8,18H2,1H3. The first kappa shape index (κ1) is 15.3. The van der Waals surface area contributed by atoms with Crippen LogP contribution in [0.5, 0.6) is 5.75 Å². The first-order valence-electron chi connectivity index (χ1n) is 6.18. The van der Waals surface area contributed by atoms with Crippen LogP contribution in [0.25, 0.3) is 0 Å². The van der Waals surface area contributed by atoms with E-state index >= 15 is 0 Å². The molecule has 3 nitrogen and oxygen atoms in total. The van der Waals surface area contributed by atoms with Crippen LogP contribution in [0.3, 0.4) is 0 Å². The highest BCUT2D eigenvalue weighted by Gasteiger charge is 2.16. The molecule has 1 unspecified atom stereocenters. The number of nitrogens with one attached hydrogen (secondary N) is 1. The highest BCUT2D eigenvalue weighted by molar-refractivity contribution is 9.10. The summed E-state index contributed by atoms with van der Waals surface area (Å²) in [6.07, 6.45) is 0.758. The Morgan fingerprint density at radius 2 is 2.10 bits per heavy atom. The summed E-state index contributed by atoms with van der Waals surface area (Å²) in [5.74, 6) is 6.43. The Labute approximate surface area is 132 Å². The van der Waals surface area contributed by atoms with E-state index < -0.39 is 0 Å². The minimum atomic E-state index is -0.0449. The lowest BCUT2D eigenvalue weighted by atomic mass is 9.98. The quantitative estimate of drug-likeness (QED) is 0.632. The molecular weight excluding hydrogens is 340 g/mol. The average molecular weight is 356 g/mol. The zero-order chi connectivity index (χ0) is 14.5. The predicted octanol–water partition coefficient (Wildman–Crippen LogP) is 3.86. The summed E-state index contributed by atoms with van der Waals surface area (Å²) >= 11 is 9.46. The second kappa shape index (κ2) is 7.09. The van der Waals surface area contributed by atoms with E-state index in [1.165, 1.54) is 5.56 Å². The number of benzene rings is 2. The van der Waals surface area contributed by atoms with Gasteiger partial charge in [0.15, 0.2) is 0 Å². The van der Waals surface area contributed by atoms with Gasteiger partial charge in [-0.1, -0.05) is 45.7 Å². The van der Waals surface area contributed by atoms with Crippen LogP contribution < -0.4 is 16.0 Å². The van der Waals surface area contributed by atoms with Crippen LogP contribution in [0, 0.1) is 0 Å². The molecule has 5 heteroatoms. The monoisotopic (exact) mass is 354 g/mol. The second-order valence-corrected chi connectivity index (χ2v) is 5.79. The molecule has 0 radical (unpaired) electrons. The van der Waals surface area contributed by atoms with E-state index in [0.29, 0.717) is 5.02 Å². The summed E-state index contributed by atoms with van der Waals surface area (Å²) < 4.78 is 6.43. The molecule has 0 aliphatic carbocycles. The van der Waals surface area contributed by atoms with Crippen LogP contribution in [0.4, 0.5) is 0 Å². The lowest BCUT2D eigenvalue weighted by Gasteiger charge is -2.19. The Bertz CT molecular complexity index is 592. The molecule has 20 heavy (non-hydrogen) atoms. The summed E-state index contributed by atoms with van der Waals surface area (Å²) in [6.45, 7) is 0. The van der Waals surface area contributed by atoms with Crippen LogP contribution in [0.15, 0.2) is 46.9 Å². The van der Waals surface area contributed by atoms with E-state index in [4.69, 9.17) is 22.2 Å². The van der Waals surface area contributed by atoms with Crippen LogP contribution in [0.2, 0.25) is 5.02 Å². The zero-order valence-corrected chi connectivity index (χ0v) is 13.4. The van der Waals surface area contributed by atoms with Crippen molar-refractivity contribution in [1.29, 1.82) is 0 Å². The molecular formula is C15H16BrClN2O. The summed E-state index contributed by atoms with van der Waals surface area (Å²) in [5, 5.41) is 0.642. The number of ether oxygens (including phenoxy) is 1. The van der Waals surface area contributed by atoms with E-state index in [1.54, 1.807) is 13.2 Å². The fourth-order valence-electron chi connectivity index (χ4n) is 2.13. The largest absolute Gasteiger partial charge is 0.496 e. The minimum Gasteiger partial charge on any atom is -0.496 e. The van der Waals surface area contributed by atoms with Crippen molar-refractivity contribution in [3.05, 3.63) is 63.1 Å². The van der Waals surface area contributed by atoms with Crippen molar-refractivity contribution in [3.8, 4) is 5.75 Å². The molecule has 0 saturated carbocycles. The third-order valence-corrected chi connectivity index (χ3v) is 3.83. The van der Waals surface area contributed by atoms with Gasteiger partial charge in [0, 0.05) is 15.1 Å². The lowest BCUT2D eigenvalue weighted by molar-refractivity contribution is 0.399. The summed E-state index contributed by atoms with van der Waals surface area (Å²) in [6, 6.07) is 13.7. The molecule has 0 aliphatic rings. The maximum Gasteiger partial charge on any atom is 0.125 e. The van der Waals surface area contributed by atoms with Crippen LogP contribution in [0.1, 0.15) is 17.2 Å². The van der Waals surface area contributed by atoms with Gasteiger partial charge in [0.25, 0.3) is 0 Å². The minimum absolute atomic E-state index is 0.0449. The van der Waals surface area contributed by atoms with Crippen LogP contribution in [-0.4, -0.2) is 7.11 Å². The first-order valence-corrected chi connectivity index (χ1v) is 7.35. The molecule has 3 N–H and O–H groups in total. The van der Waals surface area contributed by atoms with Gasteiger partial charge in [0.2, 0.25) is 0 Å². The third kappa shape index (κ3) is 3.73. The van der Waals surface area contributed by atoms with Crippen molar-refractivity contribution in [2.45, 2.75) is 12.5 Å². The van der Waals surface area contributed by atoms with Crippen molar-refractivity contribution in [2.24, 2.45) is 5.84 Å². The topological polar surface area (TPSA) is 47.3 Å². The van der Waals surface area contributed by atoms with Crippen molar-refractivity contribution in [3.63, 3.8) is 0 Å². The Balaban J connectivity index is 2.28. The Kier molecular flexibility index (Phi) is 5.43. The Morgan fingerprint density at radius 3 is 2.75 bits per heavy atom. The highest BCUT2D eigenvalue weighted by atomic mass is 79.9. The Hall–Kier alpha value is -1.07. The molecule has 2 rings (SSSR count). The number of methoxy groups -OCH3 is 1.